The Morgan fingerprint density at radius 2 is 2.22 bits per heavy atom. The van der Waals surface area contributed by atoms with Crippen molar-refractivity contribution >= 4 is 0 Å². The zero-order chi connectivity index (χ0) is 12.8. The van der Waals surface area contributed by atoms with Gasteiger partial charge in [0.15, 0.2) is 0 Å². The lowest BCUT2D eigenvalue weighted by molar-refractivity contribution is 0.163. The first-order valence-corrected chi connectivity index (χ1v) is 7.26. The van der Waals surface area contributed by atoms with Gasteiger partial charge in [0.1, 0.15) is 5.76 Å². The van der Waals surface area contributed by atoms with Crippen molar-refractivity contribution in [3.05, 3.63) is 24.2 Å². The van der Waals surface area contributed by atoms with E-state index in [9.17, 15) is 0 Å². The highest BCUT2D eigenvalue weighted by atomic mass is 16.3. The van der Waals surface area contributed by atoms with Crippen LogP contribution in [0.5, 0.6) is 0 Å². The van der Waals surface area contributed by atoms with Gasteiger partial charge in [-0.1, -0.05) is 6.92 Å². The topological polar surface area (TPSA) is 28.4 Å². The van der Waals surface area contributed by atoms with Crippen LogP contribution < -0.4 is 5.32 Å². The maximum Gasteiger partial charge on any atom is 0.105 e. The molecule has 1 aliphatic heterocycles. The number of nitrogens with zero attached hydrogens (tertiary/aromatic N) is 1. The van der Waals surface area contributed by atoms with E-state index in [1.807, 2.05) is 6.07 Å². The SMILES string of the molecule is CCN(CC1CCNCC1)C(C)Cc1ccco1. The number of hydrogen-bond acceptors (Lipinski definition) is 3. The van der Waals surface area contributed by atoms with Gasteiger partial charge in [-0.3, -0.25) is 0 Å². The largest absolute Gasteiger partial charge is 0.469 e. The van der Waals surface area contributed by atoms with Crippen LogP contribution in [0.2, 0.25) is 0 Å². The smallest absolute Gasteiger partial charge is 0.105 e. The summed E-state index contributed by atoms with van der Waals surface area (Å²) >= 11 is 0. The first-order valence-electron chi connectivity index (χ1n) is 7.26. The highest BCUT2D eigenvalue weighted by Gasteiger charge is 2.20. The molecular formula is C15H26N2O. The summed E-state index contributed by atoms with van der Waals surface area (Å²) in [6.07, 6.45) is 5.44. The molecule has 0 radical (unpaired) electrons. The minimum Gasteiger partial charge on any atom is -0.469 e. The molecule has 3 nitrogen and oxygen atoms in total. The van der Waals surface area contributed by atoms with Crippen LogP contribution in [0, 0.1) is 5.92 Å². The molecule has 18 heavy (non-hydrogen) atoms. The average Bonchev–Trinajstić information content (AvgIpc) is 2.90. The van der Waals surface area contributed by atoms with E-state index in [1.165, 1.54) is 32.5 Å². The summed E-state index contributed by atoms with van der Waals surface area (Å²) in [4.78, 5) is 2.60. The second-order valence-corrected chi connectivity index (χ2v) is 5.41. The number of likely N-dealkylation sites (N-methyl/N-ethyl adjacent to an activating group) is 1. The molecule has 0 amide bonds. The van der Waals surface area contributed by atoms with E-state index in [1.54, 1.807) is 6.26 Å². The van der Waals surface area contributed by atoms with Crippen LogP contribution in [-0.2, 0) is 6.42 Å². The first-order chi connectivity index (χ1) is 8.79. The summed E-state index contributed by atoms with van der Waals surface area (Å²) < 4.78 is 5.45. The van der Waals surface area contributed by atoms with Gasteiger partial charge >= 0.3 is 0 Å². The number of hydrogen-bond donors (Lipinski definition) is 1. The summed E-state index contributed by atoms with van der Waals surface area (Å²) in [6.45, 7) is 9.32. The van der Waals surface area contributed by atoms with E-state index >= 15 is 0 Å². The highest BCUT2D eigenvalue weighted by molar-refractivity contribution is 5.00. The third-order valence-electron chi connectivity index (χ3n) is 4.06. The van der Waals surface area contributed by atoms with E-state index in [4.69, 9.17) is 4.42 Å². The van der Waals surface area contributed by atoms with E-state index in [0.29, 0.717) is 6.04 Å². The maximum absolute atomic E-state index is 5.45. The molecule has 1 aliphatic rings. The molecule has 0 spiro atoms. The minimum atomic E-state index is 0.566. The molecule has 0 bridgehead atoms. The van der Waals surface area contributed by atoms with E-state index in [2.05, 4.69) is 30.1 Å². The van der Waals surface area contributed by atoms with E-state index in [-0.39, 0.29) is 0 Å². The standard InChI is InChI=1S/C15H26N2O/c1-3-17(12-14-6-8-16-9-7-14)13(2)11-15-5-4-10-18-15/h4-5,10,13-14,16H,3,6-9,11-12H2,1-2H3. The molecule has 0 aliphatic carbocycles. The molecule has 0 aromatic carbocycles. The van der Waals surface area contributed by atoms with Crippen molar-refractivity contribution in [1.29, 1.82) is 0 Å². The monoisotopic (exact) mass is 250 g/mol. The predicted molar refractivity (Wildman–Crippen MR) is 74.7 cm³/mol. The van der Waals surface area contributed by atoms with Crippen molar-refractivity contribution in [2.45, 2.75) is 39.2 Å². The minimum absolute atomic E-state index is 0.566. The molecule has 1 fully saturated rings. The van der Waals surface area contributed by atoms with Gasteiger partial charge in [-0.05, 0) is 57.5 Å². The lowest BCUT2D eigenvalue weighted by atomic mass is 9.96. The maximum atomic E-state index is 5.45. The predicted octanol–water partition coefficient (Wildman–Crippen LogP) is 2.53. The Morgan fingerprint density at radius 1 is 1.44 bits per heavy atom. The van der Waals surface area contributed by atoms with Gasteiger partial charge in [0.25, 0.3) is 0 Å². The van der Waals surface area contributed by atoms with Crippen molar-refractivity contribution in [3.8, 4) is 0 Å². The van der Waals surface area contributed by atoms with Crippen LogP contribution in [0.4, 0.5) is 0 Å². The number of furan rings is 1. The Labute approximate surface area is 111 Å². The van der Waals surface area contributed by atoms with Crippen LogP contribution in [0.15, 0.2) is 22.8 Å². The Kier molecular flexibility index (Phi) is 5.26. The van der Waals surface area contributed by atoms with Gasteiger partial charge < -0.3 is 14.6 Å². The Morgan fingerprint density at radius 3 is 2.83 bits per heavy atom. The van der Waals surface area contributed by atoms with Crippen LogP contribution in [0.3, 0.4) is 0 Å². The summed E-state index contributed by atoms with van der Waals surface area (Å²) in [5.41, 5.74) is 0. The average molecular weight is 250 g/mol. The number of rotatable bonds is 6. The van der Waals surface area contributed by atoms with Gasteiger partial charge in [0, 0.05) is 19.0 Å². The second-order valence-electron chi connectivity index (χ2n) is 5.41. The van der Waals surface area contributed by atoms with E-state index < -0.39 is 0 Å². The first kappa shape index (κ1) is 13.6. The van der Waals surface area contributed by atoms with Gasteiger partial charge in [-0.25, -0.2) is 0 Å². The molecule has 1 saturated heterocycles. The molecule has 102 valence electrons. The fourth-order valence-corrected chi connectivity index (χ4v) is 2.87. The van der Waals surface area contributed by atoms with Crippen molar-refractivity contribution in [3.63, 3.8) is 0 Å². The van der Waals surface area contributed by atoms with Crippen molar-refractivity contribution in [2.24, 2.45) is 5.92 Å². The Balaban J connectivity index is 1.82. The molecule has 2 rings (SSSR count). The molecule has 2 heterocycles. The van der Waals surface area contributed by atoms with Crippen molar-refractivity contribution in [1.82, 2.24) is 10.2 Å². The molecule has 3 heteroatoms. The molecule has 1 aromatic heterocycles. The lowest BCUT2D eigenvalue weighted by Crippen LogP contribution is -2.41. The quantitative estimate of drug-likeness (QED) is 0.841. The molecule has 1 N–H and O–H groups in total. The number of nitrogens with one attached hydrogen (secondary N) is 1. The molecular weight excluding hydrogens is 224 g/mol. The Bertz CT molecular complexity index is 317. The molecule has 0 saturated carbocycles. The summed E-state index contributed by atoms with van der Waals surface area (Å²) in [5.74, 6) is 1.97. The second kappa shape index (κ2) is 6.95. The van der Waals surface area contributed by atoms with Crippen LogP contribution in [0.25, 0.3) is 0 Å². The van der Waals surface area contributed by atoms with Gasteiger partial charge in [0.2, 0.25) is 0 Å². The number of piperidine rings is 1. The van der Waals surface area contributed by atoms with Gasteiger partial charge in [-0.15, -0.1) is 0 Å². The van der Waals surface area contributed by atoms with Gasteiger partial charge in [-0.2, -0.15) is 0 Å². The third kappa shape index (κ3) is 3.85. The normalized spacial score (nSPS) is 19.3. The van der Waals surface area contributed by atoms with Gasteiger partial charge in [0.05, 0.1) is 6.26 Å². The van der Waals surface area contributed by atoms with Crippen molar-refractivity contribution < 1.29 is 4.42 Å². The Hall–Kier alpha value is -0.800. The lowest BCUT2D eigenvalue weighted by Gasteiger charge is -2.33. The van der Waals surface area contributed by atoms with Crippen LogP contribution >= 0.6 is 0 Å². The molecule has 1 aromatic rings. The highest BCUT2D eigenvalue weighted by Crippen LogP contribution is 2.16. The fourth-order valence-electron chi connectivity index (χ4n) is 2.87. The summed E-state index contributed by atoms with van der Waals surface area (Å²) in [6, 6.07) is 4.62. The van der Waals surface area contributed by atoms with E-state index in [0.717, 1.165) is 24.6 Å². The van der Waals surface area contributed by atoms with Crippen molar-refractivity contribution in [2.75, 3.05) is 26.2 Å². The van der Waals surface area contributed by atoms with Crippen LogP contribution in [0.1, 0.15) is 32.4 Å². The summed E-state index contributed by atoms with van der Waals surface area (Å²) in [5, 5.41) is 3.44. The zero-order valence-corrected chi connectivity index (χ0v) is 11.7. The molecule has 1 atom stereocenters. The zero-order valence-electron chi connectivity index (χ0n) is 11.7. The summed E-state index contributed by atoms with van der Waals surface area (Å²) in [7, 11) is 0. The van der Waals surface area contributed by atoms with Crippen LogP contribution in [-0.4, -0.2) is 37.1 Å². The third-order valence-corrected chi connectivity index (χ3v) is 4.06. The fraction of sp³-hybridized carbons (Fsp3) is 0.733. The molecule has 1 unspecified atom stereocenters.